The summed E-state index contributed by atoms with van der Waals surface area (Å²) in [6.45, 7) is 3.18. The number of ether oxygens (including phenoxy) is 1. The number of carbonyl (C=O) groups excluding carboxylic acids is 1. The average molecular weight is 334 g/mol. The third kappa shape index (κ3) is 2.84. The van der Waals surface area contributed by atoms with Gasteiger partial charge in [0.2, 0.25) is 0 Å². The Labute approximate surface area is 136 Å². The van der Waals surface area contributed by atoms with Crippen LogP contribution in [0.15, 0.2) is 23.0 Å². The Balaban J connectivity index is 1.83. The summed E-state index contributed by atoms with van der Waals surface area (Å²) in [7, 11) is 0. The molecule has 1 aromatic heterocycles. The minimum Gasteiger partial charge on any atom is -0.450 e. The Kier molecular flexibility index (Phi) is 4.24. The molecule has 128 valence electrons. The summed E-state index contributed by atoms with van der Waals surface area (Å²) in [4.78, 5) is 35.8. The lowest BCUT2D eigenvalue weighted by atomic mass is 10.1. The molecule has 1 N–H and O–H groups in total. The van der Waals surface area contributed by atoms with Crippen LogP contribution in [0.4, 0.5) is 10.5 Å². The standard InChI is InChI=1S/C15H18N4O5/c1-2-24-15(21)17-7-5-10(6-8-17)18-13-4-3-11(19(22)23)9-12(13)14(20)16-18/h3-4,9-10H,2,5-8H2,1H3,(H,16,20). The zero-order chi connectivity index (χ0) is 17.3. The highest BCUT2D eigenvalue weighted by Crippen LogP contribution is 2.26. The molecule has 0 aliphatic carbocycles. The van der Waals surface area contributed by atoms with Crippen LogP contribution in [0, 0.1) is 10.1 Å². The molecule has 3 rings (SSSR count). The summed E-state index contributed by atoms with van der Waals surface area (Å²) >= 11 is 0. The SMILES string of the molecule is CCOC(=O)N1CCC(n2[nH]c(=O)c3cc([N+](=O)[O-])ccc32)CC1. The molecule has 2 aromatic rings. The lowest BCUT2D eigenvalue weighted by molar-refractivity contribution is -0.384. The van der Waals surface area contributed by atoms with E-state index >= 15 is 0 Å². The van der Waals surface area contributed by atoms with Crippen molar-refractivity contribution >= 4 is 22.7 Å². The van der Waals surface area contributed by atoms with Crippen molar-refractivity contribution in [2.24, 2.45) is 0 Å². The van der Waals surface area contributed by atoms with Crippen LogP contribution in [0.3, 0.4) is 0 Å². The van der Waals surface area contributed by atoms with Crippen LogP contribution in [0.2, 0.25) is 0 Å². The number of aromatic nitrogens is 2. The van der Waals surface area contributed by atoms with Gasteiger partial charge in [0.15, 0.2) is 0 Å². The first kappa shape index (κ1) is 16.0. The van der Waals surface area contributed by atoms with Crippen molar-refractivity contribution in [3.63, 3.8) is 0 Å². The van der Waals surface area contributed by atoms with E-state index in [4.69, 9.17) is 4.74 Å². The summed E-state index contributed by atoms with van der Waals surface area (Å²) in [6.07, 6.45) is 1.03. The van der Waals surface area contributed by atoms with Crippen LogP contribution >= 0.6 is 0 Å². The lowest BCUT2D eigenvalue weighted by Gasteiger charge is -2.31. The first-order chi connectivity index (χ1) is 11.5. The van der Waals surface area contributed by atoms with E-state index in [9.17, 15) is 19.7 Å². The molecule has 0 atom stereocenters. The van der Waals surface area contributed by atoms with Crippen LogP contribution in [0.1, 0.15) is 25.8 Å². The third-order valence-corrected chi connectivity index (χ3v) is 4.27. The van der Waals surface area contributed by atoms with Crippen LogP contribution in [-0.2, 0) is 4.74 Å². The number of carbonyl (C=O) groups is 1. The second-order valence-electron chi connectivity index (χ2n) is 5.69. The summed E-state index contributed by atoms with van der Waals surface area (Å²) < 4.78 is 6.74. The van der Waals surface area contributed by atoms with Crippen molar-refractivity contribution < 1.29 is 14.5 Å². The zero-order valence-corrected chi connectivity index (χ0v) is 13.2. The van der Waals surface area contributed by atoms with Crippen LogP contribution < -0.4 is 5.56 Å². The van der Waals surface area contributed by atoms with Crippen molar-refractivity contribution in [1.82, 2.24) is 14.7 Å². The van der Waals surface area contributed by atoms with Gasteiger partial charge >= 0.3 is 6.09 Å². The van der Waals surface area contributed by atoms with Gasteiger partial charge in [-0.2, -0.15) is 0 Å². The number of nitro groups is 1. The van der Waals surface area contributed by atoms with Gasteiger partial charge in [-0.3, -0.25) is 24.7 Å². The molecule has 1 aliphatic rings. The number of hydrogen-bond donors (Lipinski definition) is 1. The highest BCUT2D eigenvalue weighted by Gasteiger charge is 2.26. The van der Waals surface area contributed by atoms with Gasteiger partial charge in [-0.1, -0.05) is 0 Å². The zero-order valence-electron chi connectivity index (χ0n) is 13.2. The Hall–Kier alpha value is -2.84. The maximum absolute atomic E-state index is 12.1. The fourth-order valence-corrected chi connectivity index (χ4v) is 3.07. The fourth-order valence-electron chi connectivity index (χ4n) is 3.07. The second kappa shape index (κ2) is 6.34. The summed E-state index contributed by atoms with van der Waals surface area (Å²) in [5.74, 6) is 0. The molecule has 1 aliphatic heterocycles. The van der Waals surface area contributed by atoms with Gasteiger partial charge in [-0.25, -0.2) is 4.79 Å². The number of nitro benzene ring substituents is 1. The monoisotopic (exact) mass is 334 g/mol. The quantitative estimate of drug-likeness (QED) is 0.682. The number of nitrogens with one attached hydrogen (secondary N) is 1. The number of hydrogen-bond acceptors (Lipinski definition) is 5. The molecule has 1 amide bonds. The van der Waals surface area contributed by atoms with E-state index in [2.05, 4.69) is 5.10 Å². The van der Waals surface area contributed by atoms with E-state index in [1.807, 2.05) is 0 Å². The molecule has 2 heterocycles. The highest BCUT2D eigenvalue weighted by atomic mass is 16.6. The van der Waals surface area contributed by atoms with E-state index in [1.54, 1.807) is 22.6 Å². The maximum Gasteiger partial charge on any atom is 0.409 e. The molecule has 0 unspecified atom stereocenters. The number of aromatic amines is 1. The Morgan fingerprint density at radius 1 is 1.42 bits per heavy atom. The van der Waals surface area contributed by atoms with E-state index in [0.717, 1.165) is 0 Å². The number of non-ortho nitro benzene ring substituents is 1. The number of fused-ring (bicyclic) bond motifs is 1. The summed E-state index contributed by atoms with van der Waals surface area (Å²) in [5.41, 5.74) is 0.185. The van der Waals surface area contributed by atoms with Crippen molar-refractivity contribution in [3.8, 4) is 0 Å². The van der Waals surface area contributed by atoms with Crippen molar-refractivity contribution in [2.75, 3.05) is 19.7 Å². The maximum atomic E-state index is 12.1. The summed E-state index contributed by atoms with van der Waals surface area (Å²) in [5, 5.41) is 13.9. The van der Waals surface area contributed by atoms with E-state index < -0.39 is 4.92 Å². The molecule has 1 aromatic carbocycles. The van der Waals surface area contributed by atoms with E-state index in [0.29, 0.717) is 43.4 Å². The van der Waals surface area contributed by atoms with E-state index in [1.165, 1.54) is 12.1 Å². The Morgan fingerprint density at radius 3 is 2.75 bits per heavy atom. The smallest absolute Gasteiger partial charge is 0.409 e. The van der Waals surface area contributed by atoms with Gasteiger partial charge in [0.1, 0.15) is 0 Å². The molecule has 0 saturated carbocycles. The van der Waals surface area contributed by atoms with Crippen molar-refractivity contribution in [2.45, 2.75) is 25.8 Å². The Morgan fingerprint density at radius 2 is 2.12 bits per heavy atom. The molecule has 1 saturated heterocycles. The molecule has 0 radical (unpaired) electrons. The van der Waals surface area contributed by atoms with Crippen molar-refractivity contribution in [3.05, 3.63) is 38.7 Å². The molecule has 9 heteroatoms. The van der Waals surface area contributed by atoms with Crippen LogP contribution in [-0.4, -0.2) is 45.4 Å². The molecule has 24 heavy (non-hydrogen) atoms. The minimum atomic E-state index is -0.520. The molecule has 9 nitrogen and oxygen atoms in total. The highest BCUT2D eigenvalue weighted by molar-refractivity contribution is 5.81. The number of amides is 1. The number of benzene rings is 1. The van der Waals surface area contributed by atoms with Crippen LogP contribution in [0.25, 0.3) is 10.9 Å². The van der Waals surface area contributed by atoms with Gasteiger partial charge in [0, 0.05) is 25.2 Å². The third-order valence-electron chi connectivity index (χ3n) is 4.27. The topological polar surface area (TPSA) is 110 Å². The molecule has 0 bridgehead atoms. The average Bonchev–Trinajstić information content (AvgIpc) is 2.91. The fraction of sp³-hybridized carbons (Fsp3) is 0.467. The van der Waals surface area contributed by atoms with Gasteiger partial charge < -0.3 is 9.64 Å². The number of likely N-dealkylation sites (tertiary alicyclic amines) is 1. The van der Waals surface area contributed by atoms with E-state index in [-0.39, 0.29) is 23.4 Å². The molecule has 0 spiro atoms. The minimum absolute atomic E-state index is 0.0299. The predicted molar refractivity (Wildman–Crippen MR) is 86.1 cm³/mol. The molecular weight excluding hydrogens is 316 g/mol. The van der Waals surface area contributed by atoms with Gasteiger partial charge in [-0.15, -0.1) is 0 Å². The van der Waals surface area contributed by atoms with Gasteiger partial charge in [0.25, 0.3) is 11.2 Å². The normalized spacial score (nSPS) is 15.6. The molecule has 1 fully saturated rings. The van der Waals surface area contributed by atoms with Crippen molar-refractivity contribution in [1.29, 1.82) is 0 Å². The lowest BCUT2D eigenvalue weighted by Crippen LogP contribution is -2.39. The number of H-pyrrole nitrogens is 1. The molecular formula is C15H18N4O5. The van der Waals surface area contributed by atoms with Gasteiger partial charge in [-0.05, 0) is 25.8 Å². The first-order valence-electron chi connectivity index (χ1n) is 7.81. The number of piperidine rings is 1. The first-order valence-corrected chi connectivity index (χ1v) is 7.81. The Bertz CT molecular complexity index is 832. The van der Waals surface area contributed by atoms with Crippen LogP contribution in [0.5, 0.6) is 0 Å². The predicted octanol–water partition coefficient (Wildman–Crippen LogP) is 2.03. The number of nitrogens with zero attached hydrogens (tertiary/aromatic N) is 3. The second-order valence-corrected chi connectivity index (χ2v) is 5.69. The summed E-state index contributed by atoms with van der Waals surface area (Å²) in [6, 6.07) is 4.30. The van der Waals surface area contributed by atoms with Gasteiger partial charge in [0.05, 0.1) is 28.5 Å². The largest absolute Gasteiger partial charge is 0.450 e. The number of rotatable bonds is 3.